The highest BCUT2D eigenvalue weighted by atomic mass is 15.3. The van der Waals surface area contributed by atoms with Crippen LogP contribution in [0.4, 0.5) is 0 Å². The Balaban J connectivity index is 1.98. The van der Waals surface area contributed by atoms with Crippen LogP contribution in [-0.4, -0.2) is 19.7 Å². The summed E-state index contributed by atoms with van der Waals surface area (Å²) in [6, 6.07) is 0. The molecule has 1 aliphatic carbocycles. The van der Waals surface area contributed by atoms with E-state index in [1.165, 1.54) is 12.8 Å². The summed E-state index contributed by atoms with van der Waals surface area (Å²) in [5, 5.41) is 4.27. The van der Waals surface area contributed by atoms with E-state index in [9.17, 15) is 0 Å². The van der Waals surface area contributed by atoms with Gasteiger partial charge in [0.05, 0.1) is 6.20 Å². The monoisotopic (exact) mass is 216 g/mol. The first-order valence-electron chi connectivity index (χ1n) is 5.95. The molecule has 3 rings (SSSR count). The number of nitrogens with zero attached hydrogens (tertiary/aromatic N) is 3. The molecule has 0 amide bonds. The number of H-pyrrole nitrogens is 1. The van der Waals surface area contributed by atoms with Crippen LogP contribution < -0.4 is 0 Å². The quantitative estimate of drug-likeness (QED) is 0.784. The number of allylic oxidation sites excluding steroid dienone is 2. The van der Waals surface area contributed by atoms with Crippen LogP contribution >= 0.6 is 0 Å². The summed E-state index contributed by atoms with van der Waals surface area (Å²) in [5.74, 6) is 1.68. The molecule has 2 aromatic heterocycles. The topological polar surface area (TPSA) is 46.5 Å². The van der Waals surface area contributed by atoms with Gasteiger partial charge in [0.25, 0.3) is 0 Å². The summed E-state index contributed by atoms with van der Waals surface area (Å²) in [7, 11) is 0. The number of imidazole rings is 1. The second-order valence-corrected chi connectivity index (χ2v) is 4.30. The Morgan fingerprint density at radius 3 is 3.19 bits per heavy atom. The zero-order valence-electron chi connectivity index (χ0n) is 9.48. The van der Waals surface area contributed by atoms with E-state index in [2.05, 4.69) is 34.1 Å². The van der Waals surface area contributed by atoms with Crippen LogP contribution in [-0.2, 0) is 6.54 Å². The molecular weight excluding hydrogens is 200 g/mol. The van der Waals surface area contributed by atoms with Crippen LogP contribution in [0.15, 0.2) is 18.3 Å². The van der Waals surface area contributed by atoms with E-state index < -0.39 is 0 Å². The average Bonchev–Trinajstić information content (AvgIpc) is 2.89. The standard InChI is InChI=1S/C12H16N4/c1-2-16-12-10(8-13-16)14-11(15-12)9-6-4-3-5-7-9/h3-4,8-9H,2,5-7H2,1H3,(H,14,15). The summed E-state index contributed by atoms with van der Waals surface area (Å²) in [6.07, 6.45) is 9.86. The van der Waals surface area contributed by atoms with Crippen molar-refractivity contribution in [2.24, 2.45) is 0 Å². The molecule has 0 radical (unpaired) electrons. The summed E-state index contributed by atoms with van der Waals surface area (Å²) in [6.45, 7) is 2.96. The first-order valence-corrected chi connectivity index (χ1v) is 5.95. The van der Waals surface area contributed by atoms with Gasteiger partial charge >= 0.3 is 0 Å². The maximum atomic E-state index is 4.68. The second-order valence-electron chi connectivity index (χ2n) is 4.30. The molecule has 0 spiro atoms. The zero-order chi connectivity index (χ0) is 11.0. The molecule has 0 fully saturated rings. The number of aromatic nitrogens is 4. The van der Waals surface area contributed by atoms with Gasteiger partial charge in [-0.25, -0.2) is 9.67 Å². The maximum Gasteiger partial charge on any atom is 0.176 e. The van der Waals surface area contributed by atoms with Crippen molar-refractivity contribution in [2.75, 3.05) is 0 Å². The summed E-state index contributed by atoms with van der Waals surface area (Å²) >= 11 is 0. The minimum absolute atomic E-state index is 0.558. The number of hydrogen-bond donors (Lipinski definition) is 1. The molecule has 84 valence electrons. The minimum atomic E-state index is 0.558. The number of hydrogen-bond acceptors (Lipinski definition) is 2. The van der Waals surface area contributed by atoms with Gasteiger partial charge in [0.2, 0.25) is 0 Å². The Morgan fingerprint density at radius 2 is 2.44 bits per heavy atom. The second kappa shape index (κ2) is 3.77. The Hall–Kier alpha value is -1.58. The molecule has 0 saturated carbocycles. The Kier molecular flexibility index (Phi) is 2.27. The summed E-state index contributed by atoms with van der Waals surface area (Å²) in [4.78, 5) is 8.07. The van der Waals surface area contributed by atoms with E-state index >= 15 is 0 Å². The molecule has 0 saturated heterocycles. The van der Waals surface area contributed by atoms with Gasteiger partial charge in [-0.2, -0.15) is 5.10 Å². The fraction of sp³-hybridized carbons (Fsp3) is 0.500. The SMILES string of the molecule is CCn1ncc2[nH]c(C3CC=CCC3)nc21. The lowest BCUT2D eigenvalue weighted by Crippen LogP contribution is -2.03. The number of rotatable bonds is 2. The zero-order valence-corrected chi connectivity index (χ0v) is 9.48. The first kappa shape index (κ1) is 9.63. The van der Waals surface area contributed by atoms with Gasteiger partial charge < -0.3 is 4.98 Å². The van der Waals surface area contributed by atoms with Gasteiger partial charge in [-0.1, -0.05) is 12.2 Å². The van der Waals surface area contributed by atoms with E-state index in [1.54, 1.807) is 0 Å². The number of nitrogens with one attached hydrogen (secondary N) is 1. The molecule has 0 bridgehead atoms. The van der Waals surface area contributed by atoms with Crippen LogP contribution in [0.3, 0.4) is 0 Å². The Morgan fingerprint density at radius 1 is 1.50 bits per heavy atom. The highest BCUT2D eigenvalue weighted by molar-refractivity contribution is 5.70. The van der Waals surface area contributed by atoms with Crippen LogP contribution in [0.5, 0.6) is 0 Å². The molecule has 1 aliphatic rings. The fourth-order valence-corrected chi connectivity index (χ4v) is 2.33. The van der Waals surface area contributed by atoms with E-state index in [-0.39, 0.29) is 0 Å². The molecule has 2 heterocycles. The minimum Gasteiger partial charge on any atom is -0.339 e. The summed E-state index contributed by atoms with van der Waals surface area (Å²) < 4.78 is 1.94. The van der Waals surface area contributed by atoms with Crippen molar-refractivity contribution in [1.29, 1.82) is 0 Å². The lowest BCUT2D eigenvalue weighted by atomic mass is 9.94. The van der Waals surface area contributed by atoms with Gasteiger partial charge in [0, 0.05) is 12.5 Å². The molecule has 16 heavy (non-hydrogen) atoms. The Bertz CT molecular complexity index is 520. The van der Waals surface area contributed by atoms with Gasteiger partial charge in [0.15, 0.2) is 5.65 Å². The largest absolute Gasteiger partial charge is 0.339 e. The first-order chi connectivity index (χ1) is 7.88. The van der Waals surface area contributed by atoms with E-state index in [0.29, 0.717) is 5.92 Å². The third-order valence-electron chi connectivity index (χ3n) is 3.26. The molecule has 2 aromatic rings. The van der Waals surface area contributed by atoms with Crippen LogP contribution in [0, 0.1) is 0 Å². The molecule has 0 aliphatic heterocycles. The lowest BCUT2D eigenvalue weighted by molar-refractivity contribution is 0.587. The molecule has 1 atom stereocenters. The molecule has 0 aromatic carbocycles. The molecular formula is C12H16N4. The van der Waals surface area contributed by atoms with Crippen molar-refractivity contribution in [3.63, 3.8) is 0 Å². The number of fused-ring (bicyclic) bond motifs is 1. The highest BCUT2D eigenvalue weighted by Crippen LogP contribution is 2.28. The van der Waals surface area contributed by atoms with Gasteiger partial charge in [0.1, 0.15) is 11.3 Å². The van der Waals surface area contributed by atoms with Crippen LogP contribution in [0.1, 0.15) is 37.9 Å². The van der Waals surface area contributed by atoms with Crippen molar-refractivity contribution in [3.8, 4) is 0 Å². The highest BCUT2D eigenvalue weighted by Gasteiger charge is 2.17. The molecule has 1 unspecified atom stereocenters. The predicted molar refractivity (Wildman–Crippen MR) is 63.3 cm³/mol. The maximum absolute atomic E-state index is 4.68. The Labute approximate surface area is 94.4 Å². The third kappa shape index (κ3) is 1.45. The lowest BCUT2D eigenvalue weighted by Gasteiger charge is -2.14. The normalized spacial score (nSPS) is 20.7. The number of aryl methyl sites for hydroxylation is 1. The smallest absolute Gasteiger partial charge is 0.176 e. The van der Waals surface area contributed by atoms with E-state index in [0.717, 1.165) is 30.0 Å². The third-order valence-corrected chi connectivity index (χ3v) is 3.26. The molecule has 4 heteroatoms. The van der Waals surface area contributed by atoms with Crippen molar-refractivity contribution in [1.82, 2.24) is 19.7 Å². The summed E-state index contributed by atoms with van der Waals surface area (Å²) in [5.41, 5.74) is 2.05. The van der Waals surface area contributed by atoms with Crippen LogP contribution in [0.2, 0.25) is 0 Å². The molecule has 4 nitrogen and oxygen atoms in total. The van der Waals surface area contributed by atoms with Crippen molar-refractivity contribution in [3.05, 3.63) is 24.2 Å². The molecule has 1 N–H and O–H groups in total. The van der Waals surface area contributed by atoms with E-state index in [4.69, 9.17) is 0 Å². The van der Waals surface area contributed by atoms with Crippen molar-refractivity contribution < 1.29 is 0 Å². The van der Waals surface area contributed by atoms with Crippen molar-refractivity contribution in [2.45, 2.75) is 38.6 Å². The van der Waals surface area contributed by atoms with Gasteiger partial charge in [-0.3, -0.25) is 0 Å². The fourth-order valence-electron chi connectivity index (χ4n) is 2.33. The average molecular weight is 216 g/mol. The number of aromatic amines is 1. The predicted octanol–water partition coefficient (Wildman–Crippen LogP) is 2.60. The van der Waals surface area contributed by atoms with Gasteiger partial charge in [-0.05, 0) is 26.2 Å². The van der Waals surface area contributed by atoms with Crippen molar-refractivity contribution >= 4 is 11.2 Å². The van der Waals surface area contributed by atoms with Crippen LogP contribution in [0.25, 0.3) is 11.2 Å². The van der Waals surface area contributed by atoms with Gasteiger partial charge in [-0.15, -0.1) is 0 Å². The van der Waals surface area contributed by atoms with E-state index in [1.807, 2.05) is 10.9 Å².